The Balaban J connectivity index is 1.91. The third kappa shape index (κ3) is 2.23. The molecule has 0 unspecified atom stereocenters. The molecule has 2 heteroatoms. The topological polar surface area (TPSA) is 3.24 Å². The van der Waals surface area contributed by atoms with Crippen molar-refractivity contribution in [3.8, 4) is 0 Å². The van der Waals surface area contributed by atoms with Crippen LogP contribution in [0.3, 0.4) is 0 Å². The first-order chi connectivity index (χ1) is 6.24. The molecule has 1 saturated heterocycles. The fraction of sp³-hybridized carbons (Fsp3) is 0.455. The van der Waals surface area contributed by atoms with Gasteiger partial charge in [0.1, 0.15) is 0 Å². The van der Waals surface area contributed by atoms with E-state index >= 15 is 0 Å². The van der Waals surface area contributed by atoms with E-state index in [-0.39, 0.29) is 0 Å². The molecule has 0 spiro atoms. The van der Waals surface area contributed by atoms with Crippen molar-refractivity contribution < 1.29 is 0 Å². The van der Waals surface area contributed by atoms with Crippen molar-refractivity contribution in [1.82, 2.24) is 4.90 Å². The molecule has 1 aliphatic rings. The van der Waals surface area contributed by atoms with Crippen LogP contribution < -0.4 is 0 Å². The second-order valence-corrected chi connectivity index (χ2v) is 4.35. The number of hydrogen-bond donors (Lipinski definition) is 0. The van der Waals surface area contributed by atoms with E-state index in [1.165, 1.54) is 25.1 Å². The molecule has 13 heavy (non-hydrogen) atoms. The maximum absolute atomic E-state index is 5.81. The Kier molecular flexibility index (Phi) is 2.56. The summed E-state index contributed by atoms with van der Waals surface area (Å²) in [5, 5.41) is 0.828. The summed E-state index contributed by atoms with van der Waals surface area (Å²) in [6.07, 6.45) is 1.20. The minimum atomic E-state index is 0.828. The number of halogens is 1. The maximum atomic E-state index is 5.81. The molecule has 1 heterocycles. The first kappa shape index (κ1) is 9.04. The molecular formula is C11H14ClN. The Morgan fingerprint density at radius 2 is 1.92 bits per heavy atom. The van der Waals surface area contributed by atoms with Gasteiger partial charge in [0.2, 0.25) is 0 Å². The normalized spacial score (nSPS) is 18.6. The lowest BCUT2D eigenvalue weighted by atomic mass is 9.93. The molecule has 0 radical (unpaired) electrons. The lowest BCUT2D eigenvalue weighted by Gasteiger charge is -2.36. The zero-order valence-corrected chi connectivity index (χ0v) is 8.59. The van der Waals surface area contributed by atoms with Gasteiger partial charge < -0.3 is 4.90 Å². The van der Waals surface area contributed by atoms with Crippen LogP contribution in [0, 0.1) is 5.92 Å². The van der Waals surface area contributed by atoms with Gasteiger partial charge in [-0.2, -0.15) is 0 Å². The van der Waals surface area contributed by atoms with Gasteiger partial charge in [-0.3, -0.25) is 0 Å². The summed E-state index contributed by atoms with van der Waals surface area (Å²) >= 11 is 5.81. The fourth-order valence-corrected chi connectivity index (χ4v) is 2.04. The fourth-order valence-electron chi connectivity index (χ4n) is 1.91. The summed E-state index contributed by atoms with van der Waals surface area (Å²) in [4.78, 5) is 2.35. The quantitative estimate of drug-likeness (QED) is 0.701. The van der Waals surface area contributed by atoms with Crippen molar-refractivity contribution in [3.63, 3.8) is 0 Å². The molecule has 70 valence electrons. The molecular weight excluding hydrogens is 182 g/mol. The van der Waals surface area contributed by atoms with Crippen LogP contribution in [0.2, 0.25) is 5.02 Å². The van der Waals surface area contributed by atoms with Gasteiger partial charge in [0.25, 0.3) is 0 Å². The predicted octanol–water partition coefficient (Wildman–Crippen LogP) is 2.44. The molecule has 1 aromatic rings. The first-order valence-corrected chi connectivity index (χ1v) is 5.05. The number of nitrogens with zero attached hydrogens (tertiary/aromatic N) is 1. The average Bonchev–Trinajstić information content (AvgIpc) is 2.06. The van der Waals surface area contributed by atoms with Crippen molar-refractivity contribution in [1.29, 1.82) is 0 Å². The second-order valence-electron chi connectivity index (χ2n) is 3.92. The Morgan fingerprint density at radius 1 is 1.31 bits per heavy atom. The molecule has 0 aromatic heterocycles. The molecule has 1 aromatic carbocycles. The standard InChI is InChI=1S/C11H14ClN/c1-13-7-10(8-13)6-9-2-4-11(12)5-3-9/h2-5,10H,6-8H2,1H3. The van der Waals surface area contributed by atoms with E-state index in [1.807, 2.05) is 12.1 Å². The van der Waals surface area contributed by atoms with E-state index < -0.39 is 0 Å². The molecule has 0 bridgehead atoms. The van der Waals surface area contributed by atoms with Gasteiger partial charge in [0.05, 0.1) is 0 Å². The van der Waals surface area contributed by atoms with Crippen LogP contribution in [0.1, 0.15) is 5.56 Å². The van der Waals surface area contributed by atoms with Crippen molar-refractivity contribution in [2.75, 3.05) is 20.1 Å². The SMILES string of the molecule is CN1CC(Cc2ccc(Cl)cc2)C1. The monoisotopic (exact) mass is 195 g/mol. The van der Waals surface area contributed by atoms with Crippen LogP contribution in [0.25, 0.3) is 0 Å². The summed E-state index contributed by atoms with van der Waals surface area (Å²) < 4.78 is 0. The summed E-state index contributed by atoms with van der Waals surface area (Å²) in [5.74, 6) is 0.853. The lowest BCUT2D eigenvalue weighted by molar-refractivity contribution is 0.134. The van der Waals surface area contributed by atoms with E-state index in [1.54, 1.807) is 0 Å². The number of likely N-dealkylation sites (tertiary alicyclic amines) is 1. The van der Waals surface area contributed by atoms with Crippen molar-refractivity contribution in [2.45, 2.75) is 6.42 Å². The smallest absolute Gasteiger partial charge is 0.0406 e. The zero-order chi connectivity index (χ0) is 9.26. The average molecular weight is 196 g/mol. The number of hydrogen-bond acceptors (Lipinski definition) is 1. The Bertz CT molecular complexity index is 275. The van der Waals surface area contributed by atoms with Crippen LogP contribution >= 0.6 is 11.6 Å². The van der Waals surface area contributed by atoms with Gasteiger partial charge in [-0.15, -0.1) is 0 Å². The van der Waals surface area contributed by atoms with Crippen LogP contribution in [0.4, 0.5) is 0 Å². The largest absolute Gasteiger partial charge is 0.306 e. The molecule has 0 aliphatic carbocycles. The van der Waals surface area contributed by atoms with Crippen LogP contribution in [-0.2, 0) is 6.42 Å². The Labute approximate surface area is 84.3 Å². The van der Waals surface area contributed by atoms with E-state index in [9.17, 15) is 0 Å². The maximum Gasteiger partial charge on any atom is 0.0406 e. The first-order valence-electron chi connectivity index (χ1n) is 4.67. The van der Waals surface area contributed by atoms with Gasteiger partial charge >= 0.3 is 0 Å². The number of rotatable bonds is 2. The van der Waals surface area contributed by atoms with Crippen molar-refractivity contribution in [2.24, 2.45) is 5.92 Å². The summed E-state index contributed by atoms with van der Waals surface area (Å²) in [6, 6.07) is 8.19. The molecule has 1 fully saturated rings. The molecule has 0 amide bonds. The zero-order valence-electron chi connectivity index (χ0n) is 7.83. The van der Waals surface area contributed by atoms with Gasteiger partial charge in [-0.25, -0.2) is 0 Å². The predicted molar refractivity (Wildman–Crippen MR) is 56.1 cm³/mol. The summed E-state index contributed by atoms with van der Waals surface area (Å²) in [7, 11) is 2.17. The molecule has 0 N–H and O–H groups in total. The Hall–Kier alpha value is -0.530. The van der Waals surface area contributed by atoms with Crippen molar-refractivity contribution in [3.05, 3.63) is 34.9 Å². The van der Waals surface area contributed by atoms with E-state index in [0.717, 1.165) is 10.9 Å². The summed E-state index contributed by atoms with van der Waals surface area (Å²) in [6.45, 7) is 2.48. The van der Waals surface area contributed by atoms with Gasteiger partial charge in [0, 0.05) is 18.1 Å². The van der Waals surface area contributed by atoms with E-state index in [2.05, 4.69) is 24.1 Å². The second kappa shape index (κ2) is 3.69. The third-order valence-electron chi connectivity index (χ3n) is 2.58. The van der Waals surface area contributed by atoms with E-state index in [0.29, 0.717) is 0 Å². The molecule has 1 aliphatic heterocycles. The highest BCUT2D eigenvalue weighted by molar-refractivity contribution is 6.30. The van der Waals surface area contributed by atoms with Crippen molar-refractivity contribution >= 4 is 11.6 Å². The Morgan fingerprint density at radius 3 is 2.46 bits per heavy atom. The van der Waals surface area contributed by atoms with Crippen LogP contribution in [-0.4, -0.2) is 25.0 Å². The highest BCUT2D eigenvalue weighted by Crippen LogP contribution is 2.19. The molecule has 1 nitrogen and oxygen atoms in total. The van der Waals surface area contributed by atoms with Gasteiger partial charge in [0.15, 0.2) is 0 Å². The van der Waals surface area contributed by atoms with Gasteiger partial charge in [-0.1, -0.05) is 23.7 Å². The third-order valence-corrected chi connectivity index (χ3v) is 2.83. The minimum Gasteiger partial charge on any atom is -0.306 e. The lowest BCUT2D eigenvalue weighted by Crippen LogP contribution is -2.44. The highest BCUT2D eigenvalue weighted by atomic mass is 35.5. The molecule has 0 saturated carbocycles. The van der Waals surface area contributed by atoms with Crippen LogP contribution in [0.15, 0.2) is 24.3 Å². The molecule has 0 atom stereocenters. The van der Waals surface area contributed by atoms with E-state index in [4.69, 9.17) is 11.6 Å². The summed E-state index contributed by atoms with van der Waals surface area (Å²) in [5.41, 5.74) is 1.41. The molecule has 2 rings (SSSR count). The minimum absolute atomic E-state index is 0.828. The number of benzene rings is 1. The van der Waals surface area contributed by atoms with Gasteiger partial charge in [-0.05, 0) is 37.1 Å². The highest BCUT2D eigenvalue weighted by Gasteiger charge is 2.22. The van der Waals surface area contributed by atoms with Crippen LogP contribution in [0.5, 0.6) is 0 Å².